The van der Waals surface area contributed by atoms with Crippen LogP contribution in [0.3, 0.4) is 0 Å². The van der Waals surface area contributed by atoms with Crippen LogP contribution >= 0.6 is 0 Å². The summed E-state index contributed by atoms with van der Waals surface area (Å²) in [4.78, 5) is 42.1. The van der Waals surface area contributed by atoms with Crippen LogP contribution in [0.4, 0.5) is 4.39 Å². The molecule has 0 aliphatic heterocycles. The summed E-state index contributed by atoms with van der Waals surface area (Å²) in [6, 6.07) is 14.1. The molecule has 0 aliphatic rings. The normalized spacial score (nSPS) is 12.0. The lowest BCUT2D eigenvalue weighted by Gasteiger charge is -2.20. The minimum Gasteiger partial charge on any atom is -0.346 e. The number of benzene rings is 2. The third-order valence-electron chi connectivity index (χ3n) is 4.73. The number of hydrogen-bond acceptors (Lipinski definition) is 4. The first-order valence-electron chi connectivity index (χ1n) is 9.24. The standard InChI is InChI=1S/C21H18FN5O3/c22-15-7-5-14(6-8-15)17(11-27-13-23-16-3-1-2-4-18(16)27)24-20(29)12-26-10-9-19(28)25-21(26)30/h1-10,13,17H,11-12H2,(H,24,29)(H,25,28,30). The van der Waals surface area contributed by atoms with Crippen LogP contribution in [0.2, 0.25) is 0 Å². The number of amides is 1. The Hall–Kier alpha value is -4.01. The molecule has 0 saturated heterocycles. The molecular formula is C21H18FN5O3. The number of nitrogens with one attached hydrogen (secondary N) is 2. The van der Waals surface area contributed by atoms with Gasteiger partial charge in [0.1, 0.15) is 12.4 Å². The monoisotopic (exact) mass is 407 g/mol. The average Bonchev–Trinajstić information content (AvgIpc) is 3.13. The van der Waals surface area contributed by atoms with Gasteiger partial charge in [-0.1, -0.05) is 24.3 Å². The number of carbonyl (C=O) groups excluding carboxylic acids is 1. The number of nitrogens with zero attached hydrogens (tertiary/aromatic N) is 3. The van der Waals surface area contributed by atoms with Crippen LogP contribution in [0.1, 0.15) is 11.6 Å². The number of imidazole rings is 1. The predicted molar refractivity (Wildman–Crippen MR) is 108 cm³/mol. The molecule has 1 unspecified atom stereocenters. The lowest BCUT2D eigenvalue weighted by atomic mass is 10.1. The van der Waals surface area contributed by atoms with Crippen LogP contribution in [-0.2, 0) is 17.9 Å². The zero-order valence-electron chi connectivity index (χ0n) is 15.8. The average molecular weight is 407 g/mol. The van der Waals surface area contributed by atoms with Gasteiger partial charge in [0.25, 0.3) is 5.56 Å². The summed E-state index contributed by atoms with van der Waals surface area (Å²) >= 11 is 0. The molecule has 8 nitrogen and oxygen atoms in total. The minimum absolute atomic E-state index is 0.266. The summed E-state index contributed by atoms with van der Waals surface area (Å²) in [5.41, 5.74) is 1.22. The highest BCUT2D eigenvalue weighted by atomic mass is 19.1. The summed E-state index contributed by atoms with van der Waals surface area (Å²) < 4.78 is 16.4. The Balaban J connectivity index is 1.60. The Labute approximate surface area is 169 Å². The van der Waals surface area contributed by atoms with Gasteiger partial charge in [0.2, 0.25) is 5.91 Å². The second-order valence-electron chi connectivity index (χ2n) is 6.80. The maximum absolute atomic E-state index is 13.4. The Bertz CT molecular complexity index is 1310. The molecule has 0 bridgehead atoms. The first-order valence-corrected chi connectivity index (χ1v) is 9.24. The van der Waals surface area contributed by atoms with Crippen molar-refractivity contribution in [3.05, 3.63) is 99.3 Å². The van der Waals surface area contributed by atoms with Crippen molar-refractivity contribution in [3.63, 3.8) is 0 Å². The van der Waals surface area contributed by atoms with Gasteiger partial charge >= 0.3 is 5.69 Å². The largest absolute Gasteiger partial charge is 0.346 e. The van der Waals surface area contributed by atoms with Gasteiger partial charge in [-0.05, 0) is 29.8 Å². The van der Waals surface area contributed by atoms with Gasteiger partial charge in [0.05, 0.1) is 23.4 Å². The molecule has 0 radical (unpaired) electrons. The van der Waals surface area contributed by atoms with Crippen molar-refractivity contribution in [1.29, 1.82) is 0 Å². The molecule has 1 atom stereocenters. The van der Waals surface area contributed by atoms with Crippen molar-refractivity contribution in [1.82, 2.24) is 24.4 Å². The highest BCUT2D eigenvalue weighted by Crippen LogP contribution is 2.20. The van der Waals surface area contributed by atoms with E-state index in [9.17, 15) is 18.8 Å². The van der Waals surface area contributed by atoms with E-state index in [4.69, 9.17) is 0 Å². The van der Waals surface area contributed by atoms with Crippen molar-refractivity contribution in [2.45, 2.75) is 19.1 Å². The van der Waals surface area contributed by atoms with E-state index in [1.807, 2.05) is 28.8 Å². The molecule has 0 saturated carbocycles. The van der Waals surface area contributed by atoms with Crippen molar-refractivity contribution >= 4 is 16.9 Å². The van der Waals surface area contributed by atoms with Crippen LogP contribution in [0.5, 0.6) is 0 Å². The number of H-pyrrole nitrogens is 1. The van der Waals surface area contributed by atoms with Gasteiger partial charge < -0.3 is 9.88 Å². The molecule has 30 heavy (non-hydrogen) atoms. The molecule has 0 fully saturated rings. The third kappa shape index (κ3) is 4.19. The highest BCUT2D eigenvalue weighted by molar-refractivity contribution is 5.77. The summed E-state index contributed by atoms with van der Waals surface area (Å²) in [6.07, 6.45) is 2.94. The number of aromatic nitrogens is 4. The molecule has 9 heteroatoms. The Morgan fingerprint density at radius 2 is 1.83 bits per heavy atom. The van der Waals surface area contributed by atoms with E-state index in [0.29, 0.717) is 12.1 Å². The molecule has 0 spiro atoms. The van der Waals surface area contributed by atoms with Crippen molar-refractivity contribution in [2.24, 2.45) is 0 Å². The van der Waals surface area contributed by atoms with Gasteiger partial charge in [-0.2, -0.15) is 0 Å². The van der Waals surface area contributed by atoms with E-state index in [2.05, 4.69) is 15.3 Å². The van der Waals surface area contributed by atoms with E-state index in [-0.39, 0.29) is 12.4 Å². The molecule has 2 N–H and O–H groups in total. The van der Waals surface area contributed by atoms with Gasteiger partial charge in [0, 0.05) is 18.8 Å². The zero-order chi connectivity index (χ0) is 21.1. The molecule has 152 valence electrons. The number of fused-ring (bicyclic) bond motifs is 1. The fourth-order valence-electron chi connectivity index (χ4n) is 3.25. The summed E-state index contributed by atoms with van der Waals surface area (Å²) in [5, 5.41) is 2.88. The summed E-state index contributed by atoms with van der Waals surface area (Å²) in [5.74, 6) is -0.806. The van der Waals surface area contributed by atoms with Crippen molar-refractivity contribution in [3.8, 4) is 0 Å². The Morgan fingerprint density at radius 3 is 2.60 bits per heavy atom. The molecule has 4 aromatic rings. The number of aromatic amines is 1. The number of rotatable bonds is 6. The predicted octanol–water partition coefficient (Wildman–Crippen LogP) is 1.58. The van der Waals surface area contributed by atoms with Crippen LogP contribution in [0, 0.1) is 5.82 Å². The fourth-order valence-corrected chi connectivity index (χ4v) is 3.25. The van der Waals surface area contributed by atoms with Crippen molar-refractivity contribution in [2.75, 3.05) is 0 Å². The number of hydrogen-bond donors (Lipinski definition) is 2. The topological polar surface area (TPSA) is 102 Å². The molecular weight excluding hydrogens is 389 g/mol. The van der Waals surface area contributed by atoms with E-state index in [1.165, 1.54) is 24.4 Å². The lowest BCUT2D eigenvalue weighted by molar-refractivity contribution is -0.122. The van der Waals surface area contributed by atoms with Crippen LogP contribution in [0.25, 0.3) is 11.0 Å². The summed E-state index contributed by atoms with van der Waals surface area (Å²) in [6.45, 7) is 0.0936. The summed E-state index contributed by atoms with van der Waals surface area (Å²) in [7, 11) is 0. The Kier molecular flexibility index (Phi) is 5.25. The van der Waals surface area contributed by atoms with Crippen LogP contribution in [0.15, 0.2) is 76.7 Å². The van der Waals surface area contributed by atoms with Gasteiger partial charge in [-0.15, -0.1) is 0 Å². The highest BCUT2D eigenvalue weighted by Gasteiger charge is 2.17. The second-order valence-corrected chi connectivity index (χ2v) is 6.80. The van der Waals surface area contributed by atoms with E-state index in [0.717, 1.165) is 15.6 Å². The van der Waals surface area contributed by atoms with E-state index >= 15 is 0 Å². The van der Waals surface area contributed by atoms with Crippen LogP contribution < -0.4 is 16.6 Å². The Morgan fingerprint density at radius 1 is 1.07 bits per heavy atom. The maximum atomic E-state index is 13.4. The van der Waals surface area contributed by atoms with Gasteiger partial charge in [0.15, 0.2) is 0 Å². The minimum atomic E-state index is -0.670. The van der Waals surface area contributed by atoms with Crippen molar-refractivity contribution < 1.29 is 9.18 Å². The molecule has 2 aromatic heterocycles. The number of carbonyl (C=O) groups is 1. The van der Waals surface area contributed by atoms with Gasteiger partial charge in [-0.3, -0.25) is 19.1 Å². The van der Waals surface area contributed by atoms with Gasteiger partial charge in [-0.25, -0.2) is 14.2 Å². The first-order chi connectivity index (χ1) is 14.5. The quantitative estimate of drug-likeness (QED) is 0.507. The molecule has 2 aromatic carbocycles. The number of para-hydroxylation sites is 2. The van der Waals surface area contributed by atoms with Crippen LogP contribution in [-0.4, -0.2) is 25.0 Å². The molecule has 2 heterocycles. The second kappa shape index (κ2) is 8.16. The molecule has 4 rings (SSSR count). The lowest BCUT2D eigenvalue weighted by Crippen LogP contribution is -2.38. The molecule has 1 amide bonds. The first kappa shape index (κ1) is 19.3. The van der Waals surface area contributed by atoms with E-state index in [1.54, 1.807) is 18.5 Å². The SMILES string of the molecule is O=C(Cn1ccc(=O)[nH]c1=O)NC(Cn1cnc2ccccc21)c1ccc(F)cc1. The van der Waals surface area contributed by atoms with E-state index < -0.39 is 23.2 Å². The third-order valence-corrected chi connectivity index (χ3v) is 4.73. The smallest absolute Gasteiger partial charge is 0.328 e. The number of halogens is 1. The maximum Gasteiger partial charge on any atom is 0.328 e. The molecule has 0 aliphatic carbocycles. The zero-order valence-corrected chi connectivity index (χ0v) is 15.8. The fraction of sp³-hybridized carbons (Fsp3) is 0.143.